The zero-order chi connectivity index (χ0) is 14.6. The van der Waals surface area contributed by atoms with Gasteiger partial charge in [-0.15, -0.1) is 0 Å². The third-order valence-corrected chi connectivity index (χ3v) is 6.66. The Labute approximate surface area is 137 Å². The molecule has 1 atom stereocenters. The monoisotopic (exact) mass is 323 g/mol. The number of hydrogen-bond donors (Lipinski definition) is 1. The summed E-state index contributed by atoms with van der Waals surface area (Å²) in [6, 6.07) is 6.86. The predicted octanol–water partition coefficient (Wildman–Crippen LogP) is 5.47. The number of hydrogen-bond acceptors (Lipinski definition) is 1. The molecule has 1 aromatic carbocycles. The van der Waals surface area contributed by atoms with Crippen LogP contribution in [0.25, 0.3) is 0 Å². The molecule has 0 saturated heterocycles. The Morgan fingerprint density at radius 1 is 1.00 bits per heavy atom. The van der Waals surface area contributed by atoms with E-state index in [-0.39, 0.29) is 0 Å². The molecule has 0 amide bonds. The van der Waals surface area contributed by atoms with Crippen LogP contribution in [0.3, 0.4) is 0 Å². The Morgan fingerprint density at radius 2 is 1.62 bits per heavy atom. The Morgan fingerprint density at radius 3 is 2.19 bits per heavy atom. The lowest BCUT2D eigenvalue weighted by atomic mass is 9.54. The molecule has 4 fully saturated rings. The smallest absolute Gasteiger partial charge is 0.0468 e. The molecule has 0 heterocycles. The molecule has 1 aromatic rings. The number of rotatable bonds is 3. The quantitative estimate of drug-likeness (QED) is 0.777. The summed E-state index contributed by atoms with van der Waals surface area (Å²) in [6.45, 7) is 2.24. The molecule has 4 aliphatic rings. The fourth-order valence-electron chi connectivity index (χ4n) is 5.43. The van der Waals surface area contributed by atoms with E-state index in [4.69, 9.17) is 23.2 Å². The van der Waals surface area contributed by atoms with Gasteiger partial charge in [0, 0.05) is 22.1 Å². The van der Waals surface area contributed by atoms with Gasteiger partial charge in [0.05, 0.1) is 0 Å². The molecule has 4 aliphatic carbocycles. The molecule has 0 aromatic heterocycles. The van der Waals surface area contributed by atoms with Crippen LogP contribution < -0.4 is 5.32 Å². The summed E-state index contributed by atoms with van der Waals surface area (Å²) in [5.74, 6) is 3.85. The van der Waals surface area contributed by atoms with E-state index in [1.165, 1.54) is 37.7 Å². The molecular weight excluding hydrogens is 301 g/mol. The number of nitrogens with one attached hydrogen (secondary N) is 1. The van der Waals surface area contributed by atoms with E-state index in [0.29, 0.717) is 17.1 Å². The van der Waals surface area contributed by atoms with Gasteiger partial charge in [-0.25, -0.2) is 0 Å². The maximum Gasteiger partial charge on any atom is 0.0468 e. The van der Waals surface area contributed by atoms with E-state index >= 15 is 0 Å². The second-order valence-corrected chi connectivity index (χ2v) is 8.35. The lowest BCUT2D eigenvalue weighted by molar-refractivity contribution is -0.0171. The molecule has 0 spiro atoms. The summed E-state index contributed by atoms with van der Waals surface area (Å²) >= 11 is 12.4. The molecule has 114 valence electrons. The molecule has 3 heteroatoms. The van der Waals surface area contributed by atoms with Crippen molar-refractivity contribution in [2.24, 2.45) is 23.7 Å². The van der Waals surface area contributed by atoms with Crippen molar-refractivity contribution in [2.45, 2.75) is 51.1 Å². The van der Waals surface area contributed by atoms with Gasteiger partial charge in [-0.2, -0.15) is 0 Å². The van der Waals surface area contributed by atoms with Gasteiger partial charge >= 0.3 is 0 Å². The molecular formula is C18H23Cl2N. The first-order valence-corrected chi connectivity index (χ1v) is 9.06. The van der Waals surface area contributed by atoms with Crippen molar-refractivity contribution >= 4 is 23.2 Å². The molecule has 5 rings (SSSR count). The largest absolute Gasteiger partial charge is 0.307 e. The summed E-state index contributed by atoms with van der Waals surface area (Å²) < 4.78 is 0. The highest BCUT2D eigenvalue weighted by Crippen LogP contribution is 2.54. The van der Waals surface area contributed by atoms with Gasteiger partial charge in [0.25, 0.3) is 0 Å². The molecule has 1 N–H and O–H groups in total. The van der Waals surface area contributed by atoms with Crippen molar-refractivity contribution in [1.29, 1.82) is 0 Å². The minimum absolute atomic E-state index is 0.303. The summed E-state index contributed by atoms with van der Waals surface area (Å²) in [5, 5.41) is 5.41. The van der Waals surface area contributed by atoms with Gasteiger partial charge in [0.1, 0.15) is 0 Å². The Kier molecular flexibility index (Phi) is 3.72. The zero-order valence-electron chi connectivity index (χ0n) is 12.5. The van der Waals surface area contributed by atoms with Crippen molar-refractivity contribution in [2.75, 3.05) is 0 Å². The van der Waals surface area contributed by atoms with E-state index < -0.39 is 0 Å². The standard InChI is InChI=1S/C18H23Cl2N/c1-10(16-3-2-15(19)9-17(16)20)21-18-13-5-11-4-12(7-13)8-14(18)6-11/h2-3,9-14,18,21H,4-8H2,1H3. The first-order chi connectivity index (χ1) is 10.1. The highest BCUT2D eigenvalue weighted by Gasteiger charge is 2.48. The van der Waals surface area contributed by atoms with Gasteiger partial charge in [-0.3, -0.25) is 0 Å². The van der Waals surface area contributed by atoms with Crippen LogP contribution in [0, 0.1) is 23.7 Å². The fourth-order valence-corrected chi connectivity index (χ4v) is 6.00. The Hall–Kier alpha value is -0.240. The third-order valence-electron chi connectivity index (χ3n) is 6.10. The van der Waals surface area contributed by atoms with Crippen LogP contribution in [-0.2, 0) is 0 Å². The first kappa shape index (κ1) is 14.4. The summed E-state index contributed by atoms with van der Waals surface area (Å²) in [5.41, 5.74) is 1.18. The second-order valence-electron chi connectivity index (χ2n) is 7.51. The highest BCUT2D eigenvalue weighted by molar-refractivity contribution is 6.35. The normalized spacial score (nSPS) is 38.7. The fraction of sp³-hybridized carbons (Fsp3) is 0.667. The van der Waals surface area contributed by atoms with E-state index in [0.717, 1.165) is 28.7 Å². The zero-order valence-corrected chi connectivity index (χ0v) is 14.0. The topological polar surface area (TPSA) is 12.0 Å². The molecule has 1 unspecified atom stereocenters. The van der Waals surface area contributed by atoms with Crippen LogP contribution in [0.15, 0.2) is 18.2 Å². The first-order valence-electron chi connectivity index (χ1n) is 8.31. The lowest BCUT2D eigenvalue weighted by Crippen LogP contribution is -2.54. The van der Waals surface area contributed by atoms with Crippen LogP contribution in [-0.4, -0.2) is 6.04 Å². The molecule has 4 saturated carbocycles. The van der Waals surface area contributed by atoms with Gasteiger partial charge in [0.15, 0.2) is 0 Å². The van der Waals surface area contributed by atoms with E-state index in [9.17, 15) is 0 Å². The minimum atomic E-state index is 0.303. The maximum absolute atomic E-state index is 6.37. The van der Waals surface area contributed by atoms with Gasteiger partial charge < -0.3 is 5.32 Å². The summed E-state index contributed by atoms with van der Waals surface area (Å²) in [7, 11) is 0. The summed E-state index contributed by atoms with van der Waals surface area (Å²) in [6.07, 6.45) is 7.31. The van der Waals surface area contributed by atoms with Gasteiger partial charge in [-0.1, -0.05) is 29.3 Å². The van der Waals surface area contributed by atoms with Crippen molar-refractivity contribution in [1.82, 2.24) is 5.32 Å². The van der Waals surface area contributed by atoms with Crippen molar-refractivity contribution < 1.29 is 0 Å². The average Bonchev–Trinajstić information content (AvgIpc) is 2.41. The van der Waals surface area contributed by atoms with Crippen molar-refractivity contribution in [3.63, 3.8) is 0 Å². The molecule has 0 aliphatic heterocycles. The highest BCUT2D eigenvalue weighted by atomic mass is 35.5. The number of halogens is 2. The van der Waals surface area contributed by atoms with Crippen molar-refractivity contribution in [3.8, 4) is 0 Å². The van der Waals surface area contributed by atoms with E-state index in [1.807, 2.05) is 12.1 Å². The third kappa shape index (κ3) is 2.62. The number of benzene rings is 1. The average molecular weight is 324 g/mol. The summed E-state index contributed by atoms with van der Waals surface area (Å²) in [4.78, 5) is 0. The van der Waals surface area contributed by atoms with E-state index in [2.05, 4.69) is 18.3 Å². The predicted molar refractivity (Wildman–Crippen MR) is 88.8 cm³/mol. The van der Waals surface area contributed by atoms with Crippen molar-refractivity contribution in [3.05, 3.63) is 33.8 Å². The van der Waals surface area contributed by atoms with E-state index in [1.54, 1.807) is 0 Å². The van der Waals surface area contributed by atoms with Crippen LogP contribution in [0.2, 0.25) is 10.0 Å². The second kappa shape index (κ2) is 5.44. The van der Waals surface area contributed by atoms with Crippen LogP contribution in [0.4, 0.5) is 0 Å². The molecule has 21 heavy (non-hydrogen) atoms. The van der Waals surface area contributed by atoms with Gasteiger partial charge in [-0.05, 0) is 80.4 Å². The molecule has 1 nitrogen and oxygen atoms in total. The Balaban J connectivity index is 1.50. The minimum Gasteiger partial charge on any atom is -0.307 e. The van der Waals surface area contributed by atoms with Gasteiger partial charge in [0.2, 0.25) is 0 Å². The van der Waals surface area contributed by atoms with Crippen LogP contribution in [0.1, 0.15) is 50.6 Å². The Bertz CT molecular complexity index is 514. The SMILES string of the molecule is CC(NC1C2CC3CC(C2)CC1C3)c1ccc(Cl)cc1Cl. The van der Waals surface area contributed by atoms with Crippen LogP contribution in [0.5, 0.6) is 0 Å². The molecule has 0 radical (unpaired) electrons. The molecule has 4 bridgehead atoms. The lowest BCUT2D eigenvalue weighted by Gasteiger charge is -2.55. The maximum atomic E-state index is 6.37. The van der Waals surface area contributed by atoms with Crippen LogP contribution >= 0.6 is 23.2 Å².